The van der Waals surface area contributed by atoms with Gasteiger partial charge < -0.3 is 0 Å². The van der Waals surface area contributed by atoms with E-state index in [9.17, 15) is 4.79 Å². The molecule has 0 unspecified atom stereocenters. The van der Waals surface area contributed by atoms with E-state index >= 15 is 0 Å². The molecule has 2 aromatic heterocycles. The van der Waals surface area contributed by atoms with Gasteiger partial charge in [-0.2, -0.15) is 5.10 Å². The largest absolute Gasteiger partial charge is 0.290 e. The highest BCUT2D eigenvalue weighted by Crippen LogP contribution is 2.07. The minimum atomic E-state index is -0.154. The number of aryl methyl sites for hydroxylation is 1. The van der Waals surface area contributed by atoms with Gasteiger partial charge in [0.2, 0.25) is 5.95 Å². The summed E-state index contributed by atoms with van der Waals surface area (Å²) in [6, 6.07) is 9.09. The van der Waals surface area contributed by atoms with Crippen LogP contribution in [-0.4, -0.2) is 19.7 Å². The monoisotopic (exact) mass is 226 g/mol. The zero-order chi connectivity index (χ0) is 11.8. The summed E-state index contributed by atoms with van der Waals surface area (Å²) in [5.41, 5.74) is 1.39. The van der Waals surface area contributed by atoms with Crippen LogP contribution in [0.4, 0.5) is 0 Å². The quantitative estimate of drug-likeness (QED) is 0.682. The van der Waals surface area contributed by atoms with Gasteiger partial charge in [0, 0.05) is 6.20 Å². The smallest absolute Gasteiger partial charge is 0.260 e. The highest BCUT2D eigenvalue weighted by Gasteiger charge is 2.05. The Morgan fingerprint density at radius 2 is 2.06 bits per heavy atom. The molecule has 1 N–H and O–H groups in total. The minimum absolute atomic E-state index is 0.154. The van der Waals surface area contributed by atoms with Crippen molar-refractivity contribution in [2.75, 3.05) is 0 Å². The summed E-state index contributed by atoms with van der Waals surface area (Å²) in [5.74, 6) is 0.432. The van der Waals surface area contributed by atoms with Crippen molar-refractivity contribution in [3.05, 3.63) is 52.6 Å². The van der Waals surface area contributed by atoms with Gasteiger partial charge in [-0.3, -0.25) is 9.78 Å². The molecule has 0 radical (unpaired) electrons. The van der Waals surface area contributed by atoms with E-state index in [1.807, 2.05) is 31.2 Å². The van der Waals surface area contributed by atoms with Crippen LogP contribution in [0.25, 0.3) is 16.9 Å². The van der Waals surface area contributed by atoms with E-state index in [4.69, 9.17) is 0 Å². The molecule has 0 atom stereocenters. The van der Waals surface area contributed by atoms with Crippen molar-refractivity contribution in [3.8, 4) is 5.95 Å². The number of aromatic nitrogens is 4. The number of hydrogen-bond acceptors (Lipinski definition) is 3. The van der Waals surface area contributed by atoms with Crippen molar-refractivity contribution < 1.29 is 0 Å². The average Bonchev–Trinajstić information content (AvgIpc) is 2.76. The second-order valence-corrected chi connectivity index (χ2v) is 3.81. The molecule has 0 saturated carbocycles. The summed E-state index contributed by atoms with van der Waals surface area (Å²) in [6.45, 7) is 1.88. The van der Waals surface area contributed by atoms with Crippen LogP contribution in [0.1, 0.15) is 5.69 Å². The number of nitrogens with zero attached hydrogens (tertiary/aromatic N) is 3. The zero-order valence-corrected chi connectivity index (χ0v) is 9.21. The molecular weight excluding hydrogens is 216 g/mol. The predicted molar refractivity (Wildman–Crippen MR) is 64.2 cm³/mol. The highest BCUT2D eigenvalue weighted by molar-refractivity contribution is 5.77. The Bertz CT molecular complexity index is 741. The standard InChI is InChI=1S/C12H10N4O/c1-8-6-7-16(15-8)12-13-10-5-3-2-4-9(10)11(17)14-12/h2-7H,1H3,(H,13,14,17). The fourth-order valence-electron chi connectivity index (χ4n) is 1.72. The van der Waals surface area contributed by atoms with Crippen LogP contribution in [0, 0.1) is 6.92 Å². The number of benzene rings is 1. The first-order valence-corrected chi connectivity index (χ1v) is 5.26. The first kappa shape index (κ1) is 9.77. The van der Waals surface area contributed by atoms with Gasteiger partial charge in [-0.15, -0.1) is 0 Å². The summed E-state index contributed by atoms with van der Waals surface area (Å²) in [5, 5.41) is 4.80. The van der Waals surface area contributed by atoms with Gasteiger partial charge in [-0.05, 0) is 25.1 Å². The lowest BCUT2D eigenvalue weighted by Gasteiger charge is -2.01. The Balaban J connectivity index is 2.29. The van der Waals surface area contributed by atoms with E-state index in [-0.39, 0.29) is 5.56 Å². The van der Waals surface area contributed by atoms with Crippen molar-refractivity contribution in [3.63, 3.8) is 0 Å². The van der Waals surface area contributed by atoms with E-state index in [0.717, 1.165) is 5.69 Å². The highest BCUT2D eigenvalue weighted by atomic mass is 16.1. The third-order valence-corrected chi connectivity index (χ3v) is 2.54. The molecule has 0 spiro atoms. The van der Waals surface area contributed by atoms with E-state index in [1.165, 1.54) is 0 Å². The molecule has 17 heavy (non-hydrogen) atoms. The first-order valence-electron chi connectivity index (χ1n) is 5.26. The second-order valence-electron chi connectivity index (χ2n) is 3.81. The Hall–Kier alpha value is -2.43. The number of hydrogen-bond donors (Lipinski definition) is 1. The molecule has 0 saturated heterocycles. The van der Waals surface area contributed by atoms with Gasteiger partial charge in [-0.1, -0.05) is 12.1 Å². The number of aromatic amines is 1. The van der Waals surface area contributed by atoms with Gasteiger partial charge >= 0.3 is 0 Å². The van der Waals surface area contributed by atoms with E-state index in [0.29, 0.717) is 16.9 Å². The van der Waals surface area contributed by atoms with Crippen molar-refractivity contribution in [1.82, 2.24) is 19.7 Å². The Morgan fingerprint density at radius 3 is 2.82 bits per heavy atom. The molecule has 5 nitrogen and oxygen atoms in total. The minimum Gasteiger partial charge on any atom is -0.290 e. The lowest BCUT2D eigenvalue weighted by atomic mass is 10.2. The third-order valence-electron chi connectivity index (χ3n) is 2.54. The average molecular weight is 226 g/mol. The maximum absolute atomic E-state index is 11.8. The molecule has 3 aromatic rings. The van der Waals surface area contributed by atoms with Crippen LogP contribution >= 0.6 is 0 Å². The third kappa shape index (κ3) is 1.61. The Morgan fingerprint density at radius 1 is 1.24 bits per heavy atom. The predicted octanol–water partition coefficient (Wildman–Crippen LogP) is 1.42. The molecule has 3 rings (SSSR count). The van der Waals surface area contributed by atoms with Crippen molar-refractivity contribution in [1.29, 1.82) is 0 Å². The lowest BCUT2D eigenvalue weighted by Crippen LogP contribution is -2.13. The summed E-state index contributed by atoms with van der Waals surface area (Å²) in [7, 11) is 0. The van der Waals surface area contributed by atoms with E-state index in [1.54, 1.807) is 16.9 Å². The van der Waals surface area contributed by atoms with E-state index in [2.05, 4.69) is 15.1 Å². The Labute approximate surface area is 96.7 Å². The summed E-state index contributed by atoms with van der Waals surface area (Å²) < 4.78 is 1.56. The van der Waals surface area contributed by atoms with Crippen molar-refractivity contribution in [2.24, 2.45) is 0 Å². The van der Waals surface area contributed by atoms with Crippen LogP contribution in [0.2, 0.25) is 0 Å². The molecule has 5 heteroatoms. The maximum Gasteiger partial charge on any atom is 0.260 e. The summed E-state index contributed by atoms with van der Waals surface area (Å²) >= 11 is 0. The lowest BCUT2D eigenvalue weighted by molar-refractivity contribution is 0.799. The maximum atomic E-state index is 11.8. The molecule has 1 aromatic carbocycles. The number of rotatable bonds is 1. The van der Waals surface area contributed by atoms with Crippen LogP contribution in [0.3, 0.4) is 0 Å². The number of para-hydroxylation sites is 1. The molecule has 0 aliphatic rings. The van der Waals surface area contributed by atoms with Crippen molar-refractivity contribution >= 4 is 10.9 Å². The fourth-order valence-corrected chi connectivity index (χ4v) is 1.72. The second kappa shape index (κ2) is 3.55. The molecular formula is C12H10N4O. The normalized spacial score (nSPS) is 10.9. The number of fused-ring (bicyclic) bond motifs is 1. The molecule has 2 heterocycles. The molecule has 0 aliphatic heterocycles. The SMILES string of the molecule is Cc1ccn(-c2nc3ccccc3c(=O)[nH]2)n1. The molecule has 0 fully saturated rings. The van der Waals surface area contributed by atoms with Gasteiger partial charge in [0.15, 0.2) is 0 Å². The van der Waals surface area contributed by atoms with Gasteiger partial charge in [0.25, 0.3) is 5.56 Å². The van der Waals surface area contributed by atoms with Gasteiger partial charge in [-0.25, -0.2) is 9.67 Å². The van der Waals surface area contributed by atoms with Crippen LogP contribution in [-0.2, 0) is 0 Å². The first-order chi connectivity index (χ1) is 8.24. The number of nitrogens with one attached hydrogen (secondary N) is 1. The van der Waals surface area contributed by atoms with E-state index < -0.39 is 0 Å². The van der Waals surface area contributed by atoms with Gasteiger partial charge in [0.1, 0.15) is 0 Å². The van der Waals surface area contributed by atoms with Crippen LogP contribution in [0.15, 0.2) is 41.3 Å². The molecule has 0 amide bonds. The zero-order valence-electron chi connectivity index (χ0n) is 9.21. The summed E-state index contributed by atoms with van der Waals surface area (Å²) in [4.78, 5) is 18.9. The Kier molecular flexibility index (Phi) is 2.04. The topological polar surface area (TPSA) is 63.6 Å². The molecule has 0 aliphatic carbocycles. The fraction of sp³-hybridized carbons (Fsp3) is 0.0833. The van der Waals surface area contributed by atoms with Crippen LogP contribution in [0.5, 0.6) is 0 Å². The molecule has 84 valence electrons. The van der Waals surface area contributed by atoms with Crippen molar-refractivity contribution in [2.45, 2.75) is 6.92 Å². The van der Waals surface area contributed by atoms with Gasteiger partial charge in [0.05, 0.1) is 16.6 Å². The van der Waals surface area contributed by atoms with Crippen LogP contribution < -0.4 is 5.56 Å². The number of H-pyrrole nitrogens is 1. The summed E-state index contributed by atoms with van der Waals surface area (Å²) in [6.07, 6.45) is 1.77. The molecule has 0 bridgehead atoms.